The van der Waals surface area contributed by atoms with Gasteiger partial charge in [0, 0.05) is 56.0 Å². The maximum Gasteiger partial charge on any atom is 0.234 e. The van der Waals surface area contributed by atoms with E-state index in [1.807, 2.05) is 42.7 Å². The Bertz CT molecular complexity index is 3110. The van der Waals surface area contributed by atoms with Gasteiger partial charge in [0.15, 0.2) is 0 Å². The second kappa shape index (κ2) is 10.8. The van der Waals surface area contributed by atoms with Crippen LogP contribution in [0, 0.1) is 0 Å². The third kappa shape index (κ3) is 4.15. The van der Waals surface area contributed by atoms with Gasteiger partial charge in [0.2, 0.25) is 5.95 Å². The highest BCUT2D eigenvalue weighted by molar-refractivity contribution is 6.19. The van der Waals surface area contributed by atoms with Gasteiger partial charge in [0.1, 0.15) is 11.2 Å². The average Bonchev–Trinajstić information content (AvgIpc) is 3.85. The van der Waals surface area contributed by atoms with Crippen molar-refractivity contribution in [3.63, 3.8) is 0 Å². The standard InChI is InChI=1S/C46H28N4O/c1-2-11-29(12-3-1)30-21-23-32(24-22-30)49-39-17-7-4-13-34(39)37-25-38-35-14-5-8-18-40(35)50(42(38)26-41(37)49)46-47-27-31(28-48-46)33-16-10-20-44-45(33)36-15-6-9-19-43(36)51-44/h1-28H. The lowest BCUT2D eigenvalue weighted by molar-refractivity contribution is 0.669. The van der Waals surface area contributed by atoms with E-state index in [2.05, 4.69) is 137 Å². The van der Waals surface area contributed by atoms with Gasteiger partial charge >= 0.3 is 0 Å². The van der Waals surface area contributed by atoms with Crippen LogP contribution in [0.1, 0.15) is 0 Å². The molecular weight excluding hydrogens is 625 g/mol. The fourth-order valence-corrected chi connectivity index (χ4v) is 7.95. The normalized spacial score (nSPS) is 11.9. The van der Waals surface area contributed by atoms with Crippen LogP contribution >= 0.6 is 0 Å². The number of fused-ring (bicyclic) bond motifs is 9. The third-order valence-corrected chi connectivity index (χ3v) is 10.3. The fourth-order valence-electron chi connectivity index (χ4n) is 7.95. The molecular formula is C46H28N4O. The van der Waals surface area contributed by atoms with Gasteiger partial charge in [-0.3, -0.25) is 4.57 Å². The molecule has 0 spiro atoms. The number of rotatable bonds is 4. The minimum Gasteiger partial charge on any atom is -0.456 e. The Morgan fingerprint density at radius 2 is 0.980 bits per heavy atom. The van der Waals surface area contributed by atoms with Crippen LogP contribution in [0.25, 0.3) is 99.4 Å². The highest BCUT2D eigenvalue weighted by Crippen LogP contribution is 2.40. The maximum absolute atomic E-state index is 6.17. The van der Waals surface area contributed by atoms with Crippen molar-refractivity contribution >= 4 is 65.6 Å². The Hall–Kier alpha value is -6.98. The van der Waals surface area contributed by atoms with Gasteiger partial charge in [-0.05, 0) is 65.2 Å². The van der Waals surface area contributed by atoms with Crippen molar-refractivity contribution in [3.05, 3.63) is 170 Å². The molecule has 0 aliphatic heterocycles. The highest BCUT2D eigenvalue weighted by atomic mass is 16.3. The van der Waals surface area contributed by atoms with Gasteiger partial charge in [-0.25, -0.2) is 9.97 Å². The number of para-hydroxylation sites is 3. The first-order chi connectivity index (χ1) is 25.3. The molecule has 5 heteroatoms. The summed E-state index contributed by atoms with van der Waals surface area (Å²) >= 11 is 0. The molecule has 0 fully saturated rings. The van der Waals surface area contributed by atoms with Gasteiger partial charge in [-0.15, -0.1) is 0 Å². The topological polar surface area (TPSA) is 48.8 Å². The Kier molecular flexibility index (Phi) is 5.89. The van der Waals surface area contributed by atoms with E-state index < -0.39 is 0 Å². The summed E-state index contributed by atoms with van der Waals surface area (Å²) in [6.07, 6.45) is 3.87. The van der Waals surface area contributed by atoms with Crippen LogP contribution in [0.3, 0.4) is 0 Å². The van der Waals surface area contributed by atoms with E-state index in [9.17, 15) is 0 Å². The molecule has 51 heavy (non-hydrogen) atoms. The van der Waals surface area contributed by atoms with E-state index in [4.69, 9.17) is 14.4 Å². The Balaban J connectivity index is 1.12. The van der Waals surface area contributed by atoms with Crippen molar-refractivity contribution in [2.75, 3.05) is 0 Å². The maximum atomic E-state index is 6.17. The SMILES string of the molecule is c1ccc(-c2ccc(-n3c4ccccc4c4cc5c6ccccc6n(-c6ncc(-c7cccc8oc9ccccc9c78)cn6)c5cc43)cc2)cc1. The zero-order valence-electron chi connectivity index (χ0n) is 27.4. The molecule has 4 heterocycles. The first kappa shape index (κ1) is 27.9. The minimum absolute atomic E-state index is 0.628. The van der Waals surface area contributed by atoms with E-state index in [0.717, 1.165) is 55.3 Å². The lowest BCUT2D eigenvalue weighted by Gasteiger charge is -2.11. The van der Waals surface area contributed by atoms with E-state index in [-0.39, 0.29) is 0 Å². The quantitative estimate of drug-likeness (QED) is 0.190. The van der Waals surface area contributed by atoms with E-state index in [1.165, 1.54) is 38.2 Å². The summed E-state index contributed by atoms with van der Waals surface area (Å²) in [7, 11) is 0. The Morgan fingerprint density at radius 3 is 1.73 bits per heavy atom. The first-order valence-electron chi connectivity index (χ1n) is 17.2. The molecule has 0 unspecified atom stereocenters. The molecule has 0 aliphatic carbocycles. The molecule has 0 saturated heterocycles. The molecule has 0 radical (unpaired) electrons. The van der Waals surface area contributed by atoms with Crippen molar-refractivity contribution < 1.29 is 4.42 Å². The zero-order valence-corrected chi connectivity index (χ0v) is 27.4. The Labute approximate surface area is 292 Å². The molecule has 7 aromatic carbocycles. The van der Waals surface area contributed by atoms with Crippen molar-refractivity contribution in [3.8, 4) is 33.9 Å². The lowest BCUT2D eigenvalue weighted by atomic mass is 10.0. The second-order valence-corrected chi connectivity index (χ2v) is 13.1. The predicted molar refractivity (Wildman–Crippen MR) is 209 cm³/mol. The molecule has 4 aromatic heterocycles. The summed E-state index contributed by atoms with van der Waals surface area (Å²) in [5, 5.41) is 6.94. The molecule has 0 amide bonds. The molecule has 0 N–H and O–H groups in total. The number of hydrogen-bond donors (Lipinski definition) is 0. The minimum atomic E-state index is 0.628. The number of hydrogen-bond acceptors (Lipinski definition) is 3. The summed E-state index contributed by atoms with van der Waals surface area (Å²) in [4.78, 5) is 10.1. The molecule has 0 saturated carbocycles. The van der Waals surface area contributed by atoms with Gasteiger partial charge in [0.25, 0.3) is 0 Å². The summed E-state index contributed by atoms with van der Waals surface area (Å²) < 4.78 is 10.7. The van der Waals surface area contributed by atoms with E-state index in [1.54, 1.807) is 0 Å². The molecule has 11 aromatic rings. The molecule has 11 rings (SSSR count). The molecule has 0 bridgehead atoms. The largest absolute Gasteiger partial charge is 0.456 e. The third-order valence-electron chi connectivity index (χ3n) is 10.3. The fraction of sp³-hybridized carbons (Fsp3) is 0. The molecule has 5 nitrogen and oxygen atoms in total. The van der Waals surface area contributed by atoms with Gasteiger partial charge in [-0.1, -0.05) is 109 Å². The van der Waals surface area contributed by atoms with E-state index >= 15 is 0 Å². The summed E-state index contributed by atoms with van der Waals surface area (Å²) in [5.41, 5.74) is 11.7. The number of aromatic nitrogens is 4. The van der Waals surface area contributed by atoms with Crippen LogP contribution in [0.4, 0.5) is 0 Å². The lowest BCUT2D eigenvalue weighted by Crippen LogP contribution is -2.01. The zero-order chi connectivity index (χ0) is 33.5. The average molecular weight is 653 g/mol. The van der Waals surface area contributed by atoms with Crippen LogP contribution in [0.5, 0.6) is 0 Å². The van der Waals surface area contributed by atoms with Crippen LogP contribution in [-0.2, 0) is 0 Å². The van der Waals surface area contributed by atoms with Gasteiger partial charge in [0.05, 0.1) is 22.1 Å². The van der Waals surface area contributed by atoms with Crippen molar-refractivity contribution in [2.24, 2.45) is 0 Å². The molecule has 0 aliphatic rings. The molecule has 238 valence electrons. The van der Waals surface area contributed by atoms with Gasteiger partial charge < -0.3 is 8.98 Å². The van der Waals surface area contributed by atoms with Crippen LogP contribution in [0.15, 0.2) is 175 Å². The van der Waals surface area contributed by atoms with Crippen molar-refractivity contribution in [1.82, 2.24) is 19.1 Å². The van der Waals surface area contributed by atoms with E-state index in [0.29, 0.717) is 5.95 Å². The van der Waals surface area contributed by atoms with Crippen molar-refractivity contribution in [2.45, 2.75) is 0 Å². The highest BCUT2D eigenvalue weighted by Gasteiger charge is 2.20. The number of furan rings is 1. The van der Waals surface area contributed by atoms with Crippen LogP contribution < -0.4 is 0 Å². The number of benzene rings is 7. The predicted octanol–water partition coefficient (Wildman–Crippen LogP) is 11.9. The number of nitrogens with zero attached hydrogens (tertiary/aromatic N) is 4. The monoisotopic (exact) mass is 652 g/mol. The Morgan fingerprint density at radius 1 is 0.392 bits per heavy atom. The van der Waals surface area contributed by atoms with Gasteiger partial charge in [-0.2, -0.15) is 0 Å². The smallest absolute Gasteiger partial charge is 0.234 e. The second-order valence-electron chi connectivity index (χ2n) is 13.1. The summed E-state index contributed by atoms with van der Waals surface area (Å²) in [6.45, 7) is 0. The van der Waals surface area contributed by atoms with Crippen molar-refractivity contribution in [1.29, 1.82) is 0 Å². The van der Waals surface area contributed by atoms with Crippen LogP contribution in [0.2, 0.25) is 0 Å². The van der Waals surface area contributed by atoms with Crippen LogP contribution in [-0.4, -0.2) is 19.1 Å². The summed E-state index contributed by atoms with van der Waals surface area (Å²) in [6, 6.07) is 55.6. The summed E-state index contributed by atoms with van der Waals surface area (Å²) in [5.74, 6) is 0.628. The molecule has 0 atom stereocenters. The first-order valence-corrected chi connectivity index (χ1v) is 17.2.